The van der Waals surface area contributed by atoms with E-state index in [0.29, 0.717) is 5.89 Å². The molecule has 0 saturated heterocycles. The molecule has 0 radical (unpaired) electrons. The van der Waals surface area contributed by atoms with Crippen LogP contribution in [-0.2, 0) is 12.0 Å². The van der Waals surface area contributed by atoms with Crippen molar-refractivity contribution >= 4 is 28.1 Å². The fourth-order valence-electron chi connectivity index (χ4n) is 2.08. The van der Waals surface area contributed by atoms with Crippen molar-refractivity contribution in [2.24, 2.45) is 0 Å². The summed E-state index contributed by atoms with van der Waals surface area (Å²) in [6.45, 7) is 9.19. The molecule has 0 unspecified atom stereocenters. The summed E-state index contributed by atoms with van der Waals surface area (Å²) < 4.78 is 5.48. The van der Waals surface area contributed by atoms with Crippen LogP contribution in [0.2, 0.25) is 0 Å². The second-order valence-electron chi connectivity index (χ2n) is 6.15. The van der Waals surface area contributed by atoms with E-state index in [1.807, 2.05) is 31.3 Å². The fourth-order valence-corrected chi connectivity index (χ4v) is 2.99. The van der Waals surface area contributed by atoms with Gasteiger partial charge in [-0.15, -0.1) is 11.3 Å². The molecule has 2 heterocycles. The molecule has 0 amide bonds. The average molecular weight is 301 g/mol. The van der Waals surface area contributed by atoms with Crippen LogP contribution in [0.25, 0.3) is 11.1 Å². The van der Waals surface area contributed by atoms with Gasteiger partial charge in [-0.25, -0.2) is 9.97 Å². The molecular weight excluding hydrogens is 282 g/mol. The van der Waals surface area contributed by atoms with Gasteiger partial charge in [0.15, 0.2) is 11.5 Å². The third kappa shape index (κ3) is 3.08. The lowest BCUT2D eigenvalue weighted by Crippen LogP contribution is -2.09. The number of nitrogens with one attached hydrogen (secondary N) is 1. The fraction of sp³-hybridized carbons (Fsp3) is 0.375. The first-order valence-electron chi connectivity index (χ1n) is 6.98. The number of aromatic nitrogens is 2. The third-order valence-corrected chi connectivity index (χ3v) is 4.58. The maximum Gasteiger partial charge on any atom is 0.192 e. The molecule has 21 heavy (non-hydrogen) atoms. The molecule has 2 aromatic heterocycles. The van der Waals surface area contributed by atoms with E-state index in [4.69, 9.17) is 4.42 Å². The molecule has 0 saturated carbocycles. The van der Waals surface area contributed by atoms with E-state index in [-0.39, 0.29) is 5.41 Å². The summed E-state index contributed by atoms with van der Waals surface area (Å²) in [5.74, 6) is 0.694. The van der Waals surface area contributed by atoms with Crippen LogP contribution in [0.3, 0.4) is 0 Å². The minimum absolute atomic E-state index is 0.111. The second kappa shape index (κ2) is 5.15. The van der Waals surface area contributed by atoms with Crippen LogP contribution in [-0.4, -0.2) is 9.97 Å². The quantitative estimate of drug-likeness (QED) is 0.773. The van der Waals surface area contributed by atoms with E-state index in [9.17, 15) is 0 Å². The molecule has 4 nitrogen and oxygen atoms in total. The highest BCUT2D eigenvalue weighted by Gasteiger charge is 2.17. The summed E-state index contributed by atoms with van der Waals surface area (Å²) in [4.78, 5) is 10.1. The summed E-state index contributed by atoms with van der Waals surface area (Å²) in [6, 6.07) is 5.97. The lowest BCUT2D eigenvalue weighted by Gasteiger charge is -2.13. The van der Waals surface area contributed by atoms with Crippen LogP contribution < -0.4 is 5.32 Å². The van der Waals surface area contributed by atoms with E-state index in [1.165, 1.54) is 9.88 Å². The topological polar surface area (TPSA) is 51.0 Å². The highest BCUT2D eigenvalue weighted by atomic mass is 32.1. The van der Waals surface area contributed by atoms with Crippen molar-refractivity contribution in [1.82, 2.24) is 9.97 Å². The molecule has 110 valence electrons. The van der Waals surface area contributed by atoms with Crippen molar-refractivity contribution < 1.29 is 4.42 Å². The van der Waals surface area contributed by atoms with Gasteiger partial charge in [0, 0.05) is 29.1 Å². The van der Waals surface area contributed by atoms with E-state index in [0.717, 1.165) is 23.3 Å². The van der Waals surface area contributed by atoms with E-state index in [1.54, 1.807) is 11.3 Å². The van der Waals surface area contributed by atoms with E-state index < -0.39 is 0 Å². The summed E-state index contributed by atoms with van der Waals surface area (Å²) >= 11 is 1.76. The van der Waals surface area contributed by atoms with Gasteiger partial charge < -0.3 is 9.73 Å². The molecule has 0 aliphatic heterocycles. The molecular formula is C16H19N3OS. The summed E-state index contributed by atoms with van der Waals surface area (Å²) in [6.07, 6.45) is 1.96. The molecule has 0 fully saturated rings. The second-order valence-corrected chi connectivity index (χ2v) is 7.27. The zero-order valence-electron chi connectivity index (χ0n) is 12.7. The molecule has 0 aliphatic rings. The molecule has 1 aromatic carbocycles. The van der Waals surface area contributed by atoms with Gasteiger partial charge in [-0.3, -0.25) is 0 Å². The van der Waals surface area contributed by atoms with Gasteiger partial charge in [0.25, 0.3) is 0 Å². The minimum Gasteiger partial charge on any atom is -0.441 e. The number of aryl methyl sites for hydroxylation is 1. The smallest absolute Gasteiger partial charge is 0.192 e. The van der Waals surface area contributed by atoms with Crippen LogP contribution in [0.5, 0.6) is 0 Å². The Morgan fingerprint density at radius 1 is 1.29 bits per heavy atom. The molecule has 0 bridgehead atoms. The zero-order valence-corrected chi connectivity index (χ0v) is 13.5. The maximum atomic E-state index is 5.48. The van der Waals surface area contributed by atoms with Gasteiger partial charge >= 0.3 is 0 Å². The predicted molar refractivity (Wildman–Crippen MR) is 86.9 cm³/mol. The Morgan fingerprint density at radius 2 is 2.10 bits per heavy atom. The number of fused-ring (bicyclic) bond motifs is 1. The molecule has 0 aliphatic carbocycles. The van der Waals surface area contributed by atoms with Crippen LogP contribution >= 0.6 is 11.3 Å². The Morgan fingerprint density at radius 3 is 2.81 bits per heavy atom. The van der Waals surface area contributed by atoms with Crippen molar-refractivity contribution in [1.29, 1.82) is 0 Å². The Bertz CT molecular complexity index is 767. The highest BCUT2D eigenvalue weighted by molar-refractivity contribution is 7.11. The minimum atomic E-state index is 0.111. The Balaban J connectivity index is 1.72. The molecule has 0 atom stereocenters. The monoisotopic (exact) mass is 301 g/mol. The van der Waals surface area contributed by atoms with Crippen molar-refractivity contribution in [3.8, 4) is 0 Å². The van der Waals surface area contributed by atoms with E-state index in [2.05, 4.69) is 36.1 Å². The number of thiazole rings is 1. The SMILES string of the molecule is Cc1nc2cc(NCc3cnc(C(C)(C)C)s3)ccc2o1. The third-order valence-electron chi connectivity index (χ3n) is 3.16. The standard InChI is InChI=1S/C16H19N3OS/c1-10-19-13-7-11(5-6-14(13)20-10)17-8-12-9-18-15(21-12)16(2,3)4/h5-7,9,17H,8H2,1-4H3. The summed E-state index contributed by atoms with van der Waals surface area (Å²) in [5, 5.41) is 4.58. The molecule has 0 spiro atoms. The van der Waals surface area contributed by atoms with Crippen molar-refractivity contribution in [3.63, 3.8) is 0 Å². The Hall–Kier alpha value is -1.88. The highest BCUT2D eigenvalue weighted by Crippen LogP contribution is 2.27. The van der Waals surface area contributed by atoms with Gasteiger partial charge in [0.05, 0.1) is 11.6 Å². The summed E-state index contributed by atoms with van der Waals surface area (Å²) in [5.41, 5.74) is 2.87. The predicted octanol–water partition coefficient (Wildman–Crippen LogP) is 4.50. The van der Waals surface area contributed by atoms with Crippen LogP contribution in [0, 0.1) is 6.92 Å². The van der Waals surface area contributed by atoms with Crippen LogP contribution in [0.1, 0.15) is 36.5 Å². The molecule has 3 rings (SSSR count). The number of oxazole rings is 1. The summed E-state index contributed by atoms with van der Waals surface area (Å²) in [7, 11) is 0. The number of rotatable bonds is 3. The van der Waals surface area contributed by atoms with Crippen molar-refractivity contribution in [3.05, 3.63) is 40.2 Å². The van der Waals surface area contributed by atoms with Gasteiger partial charge in [-0.05, 0) is 18.2 Å². The van der Waals surface area contributed by atoms with Gasteiger partial charge in [0.2, 0.25) is 0 Å². The molecule has 5 heteroatoms. The lowest BCUT2D eigenvalue weighted by molar-refractivity contribution is 0.561. The van der Waals surface area contributed by atoms with E-state index >= 15 is 0 Å². The number of hydrogen-bond acceptors (Lipinski definition) is 5. The number of anilines is 1. The van der Waals surface area contributed by atoms with Gasteiger partial charge in [-0.1, -0.05) is 20.8 Å². The normalized spacial score (nSPS) is 12.0. The lowest BCUT2D eigenvalue weighted by atomic mass is 9.98. The van der Waals surface area contributed by atoms with Gasteiger partial charge in [0.1, 0.15) is 5.52 Å². The largest absolute Gasteiger partial charge is 0.441 e. The first-order valence-corrected chi connectivity index (χ1v) is 7.80. The average Bonchev–Trinajstić information content (AvgIpc) is 3.00. The molecule has 1 N–H and O–H groups in total. The van der Waals surface area contributed by atoms with Crippen molar-refractivity contribution in [2.45, 2.75) is 39.7 Å². The van der Waals surface area contributed by atoms with Crippen LogP contribution in [0.4, 0.5) is 5.69 Å². The number of nitrogens with zero attached hydrogens (tertiary/aromatic N) is 2. The van der Waals surface area contributed by atoms with Crippen LogP contribution in [0.15, 0.2) is 28.8 Å². The van der Waals surface area contributed by atoms with Crippen molar-refractivity contribution in [2.75, 3.05) is 5.32 Å². The first-order chi connectivity index (χ1) is 9.91. The first kappa shape index (κ1) is 14.1. The maximum absolute atomic E-state index is 5.48. The number of hydrogen-bond donors (Lipinski definition) is 1. The zero-order chi connectivity index (χ0) is 15.0. The number of benzene rings is 1. The Kier molecular flexibility index (Phi) is 3.45. The molecule has 3 aromatic rings. The Labute approximate surface area is 128 Å². The van der Waals surface area contributed by atoms with Gasteiger partial charge in [-0.2, -0.15) is 0 Å².